The zero-order valence-electron chi connectivity index (χ0n) is 17.3. The summed E-state index contributed by atoms with van der Waals surface area (Å²) in [7, 11) is 0.768. The molecule has 8 nitrogen and oxygen atoms in total. The van der Waals surface area contributed by atoms with E-state index in [0.29, 0.717) is 5.75 Å². The lowest BCUT2D eigenvalue weighted by molar-refractivity contribution is -0.121. The largest absolute Gasteiger partial charge is 0.496 e. The number of ether oxygens (including phenoxy) is 1. The predicted octanol–water partition coefficient (Wildman–Crippen LogP) is 1.94. The first kappa shape index (κ1) is 23.3. The summed E-state index contributed by atoms with van der Waals surface area (Å²) in [5.41, 5.74) is -1.01. The van der Waals surface area contributed by atoms with Crippen LogP contribution in [0.2, 0.25) is 0 Å². The molecule has 0 fully saturated rings. The molecule has 10 heteroatoms. The number of nitrogens with one attached hydrogen (secondary N) is 2. The molecule has 2 aromatic rings. The van der Waals surface area contributed by atoms with Crippen LogP contribution in [-0.2, 0) is 20.4 Å². The first-order chi connectivity index (χ1) is 13.9. The number of carbonyl (C=O) groups is 2. The maximum atomic E-state index is 13.3. The van der Waals surface area contributed by atoms with Crippen LogP contribution < -0.4 is 14.8 Å². The SMILES string of the molecule is COc1ccc(NC(=O)C(C)(NS(C)(=O)=O)c2ccc(F)cc2)cc1C(=O)N(C)C. The molecule has 30 heavy (non-hydrogen) atoms. The van der Waals surface area contributed by atoms with E-state index in [1.54, 1.807) is 14.1 Å². The highest BCUT2D eigenvalue weighted by Crippen LogP contribution is 2.27. The Balaban J connectivity index is 2.46. The molecule has 0 heterocycles. The molecule has 0 saturated carbocycles. The summed E-state index contributed by atoms with van der Waals surface area (Å²) in [6, 6.07) is 9.38. The third-order valence-electron chi connectivity index (χ3n) is 4.36. The second kappa shape index (κ2) is 8.80. The highest BCUT2D eigenvalue weighted by molar-refractivity contribution is 7.88. The van der Waals surface area contributed by atoms with Crippen LogP contribution in [0.4, 0.5) is 10.1 Å². The van der Waals surface area contributed by atoms with E-state index in [-0.39, 0.29) is 22.7 Å². The summed E-state index contributed by atoms with van der Waals surface area (Å²) >= 11 is 0. The summed E-state index contributed by atoms with van der Waals surface area (Å²) < 4.78 is 44.7. The summed E-state index contributed by atoms with van der Waals surface area (Å²) in [5, 5.41) is 2.62. The molecule has 2 N–H and O–H groups in total. The van der Waals surface area contributed by atoms with Gasteiger partial charge in [-0.25, -0.2) is 12.8 Å². The van der Waals surface area contributed by atoms with Gasteiger partial charge in [0, 0.05) is 19.8 Å². The lowest BCUT2D eigenvalue weighted by Gasteiger charge is -2.29. The topological polar surface area (TPSA) is 105 Å². The molecule has 0 aliphatic rings. The van der Waals surface area contributed by atoms with Crippen LogP contribution in [-0.4, -0.2) is 52.6 Å². The number of carbonyl (C=O) groups excluding carboxylic acids is 2. The van der Waals surface area contributed by atoms with Crippen molar-refractivity contribution in [2.24, 2.45) is 0 Å². The second-order valence-corrected chi connectivity index (χ2v) is 8.82. The van der Waals surface area contributed by atoms with Gasteiger partial charge >= 0.3 is 0 Å². The van der Waals surface area contributed by atoms with Gasteiger partial charge < -0.3 is 15.0 Å². The zero-order valence-corrected chi connectivity index (χ0v) is 18.1. The van der Waals surface area contributed by atoms with Crippen molar-refractivity contribution >= 4 is 27.5 Å². The number of hydrogen-bond donors (Lipinski definition) is 2. The van der Waals surface area contributed by atoms with Crippen molar-refractivity contribution in [2.45, 2.75) is 12.5 Å². The molecule has 0 aliphatic heterocycles. The van der Waals surface area contributed by atoms with Crippen molar-refractivity contribution in [2.75, 3.05) is 32.8 Å². The smallest absolute Gasteiger partial charge is 0.257 e. The Hall–Kier alpha value is -2.98. The molecule has 1 unspecified atom stereocenters. The Morgan fingerprint density at radius 2 is 1.70 bits per heavy atom. The van der Waals surface area contributed by atoms with E-state index in [4.69, 9.17) is 4.74 Å². The van der Waals surface area contributed by atoms with Gasteiger partial charge in [0.05, 0.1) is 18.9 Å². The third kappa shape index (κ3) is 5.33. The first-order valence-corrected chi connectivity index (χ1v) is 10.7. The van der Waals surface area contributed by atoms with Crippen LogP contribution >= 0.6 is 0 Å². The fourth-order valence-electron chi connectivity index (χ4n) is 2.84. The molecule has 0 aliphatic carbocycles. The Kier molecular flexibility index (Phi) is 6.84. The summed E-state index contributed by atoms with van der Waals surface area (Å²) in [6.07, 6.45) is 0.920. The average Bonchev–Trinajstić information content (AvgIpc) is 2.66. The van der Waals surface area contributed by atoms with E-state index in [1.807, 2.05) is 0 Å². The van der Waals surface area contributed by atoms with E-state index in [0.717, 1.165) is 18.4 Å². The number of anilines is 1. The number of halogens is 1. The van der Waals surface area contributed by atoms with Crippen LogP contribution in [0.5, 0.6) is 5.75 Å². The molecule has 0 saturated heterocycles. The fourth-order valence-corrected chi connectivity index (χ4v) is 3.79. The van der Waals surface area contributed by atoms with Crippen LogP contribution in [0.3, 0.4) is 0 Å². The minimum Gasteiger partial charge on any atom is -0.496 e. The van der Waals surface area contributed by atoms with Gasteiger partial charge in [-0.1, -0.05) is 12.1 Å². The highest BCUT2D eigenvalue weighted by Gasteiger charge is 2.38. The van der Waals surface area contributed by atoms with Gasteiger partial charge in [0.25, 0.3) is 5.91 Å². The summed E-state index contributed by atoms with van der Waals surface area (Å²) in [4.78, 5) is 26.9. The van der Waals surface area contributed by atoms with Gasteiger partial charge in [-0.3, -0.25) is 9.59 Å². The Bertz CT molecular complexity index is 1050. The normalized spacial score (nSPS) is 13.3. The number of benzene rings is 2. The van der Waals surface area contributed by atoms with Crippen LogP contribution in [0.25, 0.3) is 0 Å². The number of sulfonamides is 1. The minimum atomic E-state index is -3.81. The monoisotopic (exact) mass is 437 g/mol. The molecule has 2 amide bonds. The van der Waals surface area contributed by atoms with Crippen molar-refractivity contribution < 1.29 is 27.1 Å². The van der Waals surface area contributed by atoms with Crippen molar-refractivity contribution in [3.63, 3.8) is 0 Å². The van der Waals surface area contributed by atoms with Gasteiger partial charge in [-0.2, -0.15) is 4.72 Å². The predicted molar refractivity (Wildman–Crippen MR) is 111 cm³/mol. The second-order valence-electron chi connectivity index (χ2n) is 7.07. The molecular weight excluding hydrogens is 413 g/mol. The van der Waals surface area contributed by atoms with Crippen LogP contribution in [0.1, 0.15) is 22.8 Å². The molecule has 0 bridgehead atoms. The van der Waals surface area contributed by atoms with Gasteiger partial charge in [0.2, 0.25) is 15.9 Å². The quantitative estimate of drug-likeness (QED) is 0.689. The van der Waals surface area contributed by atoms with Gasteiger partial charge in [0.15, 0.2) is 0 Å². The molecule has 2 aromatic carbocycles. The summed E-state index contributed by atoms with van der Waals surface area (Å²) in [6.45, 7) is 1.37. The van der Waals surface area contributed by atoms with Crippen molar-refractivity contribution in [3.8, 4) is 5.75 Å². The highest BCUT2D eigenvalue weighted by atomic mass is 32.2. The Labute approximate surface area is 175 Å². The van der Waals surface area contributed by atoms with Crippen molar-refractivity contribution in [3.05, 3.63) is 59.4 Å². The van der Waals surface area contributed by atoms with E-state index in [1.165, 1.54) is 49.3 Å². The third-order valence-corrected chi connectivity index (χ3v) is 5.14. The molecule has 0 aromatic heterocycles. The van der Waals surface area contributed by atoms with E-state index < -0.39 is 27.3 Å². The summed E-state index contributed by atoms with van der Waals surface area (Å²) in [5.74, 6) is -1.25. The number of amides is 2. The standard InChI is InChI=1S/C20H24FN3O5S/c1-20(23-30(5,27)28,13-6-8-14(21)9-7-13)19(26)22-15-10-11-17(29-4)16(12-15)18(25)24(2)3/h6-12,23H,1-5H3,(H,22,26). The zero-order chi connectivity index (χ0) is 22.7. The van der Waals surface area contributed by atoms with Gasteiger partial charge in [-0.15, -0.1) is 0 Å². The van der Waals surface area contributed by atoms with E-state index in [2.05, 4.69) is 10.0 Å². The van der Waals surface area contributed by atoms with Gasteiger partial charge in [-0.05, 0) is 42.8 Å². The van der Waals surface area contributed by atoms with Crippen molar-refractivity contribution in [1.29, 1.82) is 0 Å². The Morgan fingerprint density at radius 1 is 1.10 bits per heavy atom. The molecule has 1 atom stereocenters. The number of methoxy groups -OCH3 is 1. The number of hydrogen-bond acceptors (Lipinski definition) is 5. The van der Waals surface area contributed by atoms with E-state index >= 15 is 0 Å². The molecule has 2 rings (SSSR count). The molecule has 162 valence electrons. The maximum Gasteiger partial charge on any atom is 0.257 e. The first-order valence-electron chi connectivity index (χ1n) is 8.83. The maximum absolute atomic E-state index is 13.3. The number of nitrogens with zero attached hydrogens (tertiary/aromatic N) is 1. The fraction of sp³-hybridized carbons (Fsp3) is 0.300. The van der Waals surface area contributed by atoms with Crippen molar-refractivity contribution in [1.82, 2.24) is 9.62 Å². The lowest BCUT2D eigenvalue weighted by atomic mass is 9.92. The van der Waals surface area contributed by atoms with Crippen LogP contribution in [0.15, 0.2) is 42.5 Å². The lowest BCUT2D eigenvalue weighted by Crippen LogP contribution is -2.51. The van der Waals surface area contributed by atoms with E-state index in [9.17, 15) is 22.4 Å². The van der Waals surface area contributed by atoms with Gasteiger partial charge in [0.1, 0.15) is 17.1 Å². The average molecular weight is 437 g/mol. The molecule has 0 radical (unpaired) electrons. The minimum absolute atomic E-state index is 0.222. The molecule has 0 spiro atoms. The van der Waals surface area contributed by atoms with Crippen LogP contribution in [0, 0.1) is 5.82 Å². The number of rotatable bonds is 7. The molecular formula is C20H24FN3O5S. The Morgan fingerprint density at radius 3 is 2.20 bits per heavy atom.